The number of aromatic nitrogens is 3. The zero-order valence-corrected chi connectivity index (χ0v) is 12.4. The van der Waals surface area contributed by atoms with E-state index in [1.807, 2.05) is 73.1 Å². The molecule has 2 aromatic carbocycles. The van der Waals surface area contributed by atoms with Crippen LogP contribution in [0.25, 0.3) is 22.0 Å². The van der Waals surface area contributed by atoms with Crippen LogP contribution in [0.5, 0.6) is 0 Å². The van der Waals surface area contributed by atoms with Gasteiger partial charge in [0.05, 0.1) is 12.7 Å². The Morgan fingerprint density at radius 3 is 2.61 bits per heavy atom. The molecule has 0 amide bonds. The third-order valence-corrected chi connectivity index (χ3v) is 3.90. The first kappa shape index (κ1) is 13.5. The van der Waals surface area contributed by atoms with Crippen LogP contribution < -0.4 is 5.56 Å². The molecule has 0 saturated carbocycles. The summed E-state index contributed by atoms with van der Waals surface area (Å²) in [5.41, 5.74) is 3.65. The van der Waals surface area contributed by atoms with Crippen LogP contribution in [0.4, 0.5) is 0 Å². The minimum atomic E-state index is -0.0690. The molecule has 23 heavy (non-hydrogen) atoms. The van der Waals surface area contributed by atoms with Crippen molar-refractivity contribution in [1.29, 1.82) is 0 Å². The highest BCUT2D eigenvalue weighted by Crippen LogP contribution is 2.18. The number of rotatable bonds is 3. The van der Waals surface area contributed by atoms with Gasteiger partial charge < -0.3 is 4.98 Å². The van der Waals surface area contributed by atoms with Crippen molar-refractivity contribution in [2.24, 2.45) is 0 Å². The zero-order chi connectivity index (χ0) is 15.6. The number of H-pyrrole nitrogens is 1. The minimum Gasteiger partial charge on any atom is -0.322 e. The molecule has 0 aliphatic carbocycles. The average molecular weight is 301 g/mol. The molecular weight excluding hydrogens is 286 g/mol. The van der Waals surface area contributed by atoms with Crippen LogP contribution >= 0.6 is 0 Å². The number of fused-ring (bicyclic) bond motifs is 1. The summed E-state index contributed by atoms with van der Waals surface area (Å²) in [5, 5.41) is 5.40. The molecule has 0 unspecified atom stereocenters. The summed E-state index contributed by atoms with van der Waals surface area (Å²) in [4.78, 5) is 15.1. The topological polar surface area (TPSA) is 50.7 Å². The minimum absolute atomic E-state index is 0.0690. The van der Waals surface area contributed by atoms with Crippen LogP contribution in [-0.2, 0) is 6.54 Å². The third kappa shape index (κ3) is 2.66. The van der Waals surface area contributed by atoms with Crippen molar-refractivity contribution < 1.29 is 0 Å². The van der Waals surface area contributed by atoms with Crippen LogP contribution in [0.3, 0.4) is 0 Å². The molecule has 0 saturated heterocycles. The fraction of sp³-hybridized carbons (Fsp3) is 0.0526. The molecule has 2 heterocycles. The van der Waals surface area contributed by atoms with E-state index in [-0.39, 0.29) is 5.56 Å². The first-order chi connectivity index (χ1) is 11.3. The Morgan fingerprint density at radius 1 is 0.957 bits per heavy atom. The van der Waals surface area contributed by atoms with Crippen LogP contribution in [-0.4, -0.2) is 14.8 Å². The van der Waals surface area contributed by atoms with Crippen molar-refractivity contribution in [2.75, 3.05) is 0 Å². The lowest BCUT2D eigenvalue weighted by atomic mass is 10.1. The van der Waals surface area contributed by atoms with Gasteiger partial charge in [0.1, 0.15) is 0 Å². The first-order valence-corrected chi connectivity index (χ1v) is 7.48. The maximum Gasteiger partial charge on any atom is 0.253 e. The number of nitrogens with one attached hydrogen (secondary N) is 1. The van der Waals surface area contributed by atoms with Gasteiger partial charge in [-0.3, -0.25) is 9.48 Å². The lowest BCUT2D eigenvalue weighted by Gasteiger charge is -2.03. The van der Waals surface area contributed by atoms with Crippen molar-refractivity contribution >= 4 is 10.9 Å². The lowest BCUT2D eigenvalue weighted by molar-refractivity contribution is 0.682. The number of hydrogen-bond donors (Lipinski definition) is 1. The summed E-state index contributed by atoms with van der Waals surface area (Å²) < 4.78 is 1.79. The van der Waals surface area contributed by atoms with Crippen molar-refractivity contribution in [3.8, 4) is 11.1 Å². The van der Waals surface area contributed by atoms with E-state index in [4.69, 9.17) is 0 Å². The molecule has 1 N–H and O–H groups in total. The highest BCUT2D eigenvalue weighted by Gasteiger charge is 2.06. The van der Waals surface area contributed by atoms with Gasteiger partial charge in [0.15, 0.2) is 0 Å². The molecule has 0 atom stereocenters. The number of para-hydroxylation sites is 1. The number of pyridine rings is 1. The molecule has 0 aliphatic heterocycles. The third-order valence-electron chi connectivity index (χ3n) is 3.90. The van der Waals surface area contributed by atoms with E-state index in [1.54, 1.807) is 4.68 Å². The van der Waals surface area contributed by atoms with Crippen LogP contribution in [0.2, 0.25) is 0 Å². The van der Waals surface area contributed by atoms with Crippen LogP contribution in [0, 0.1) is 0 Å². The Kier molecular flexibility index (Phi) is 3.27. The van der Waals surface area contributed by atoms with E-state index in [0.717, 1.165) is 22.0 Å². The van der Waals surface area contributed by atoms with Gasteiger partial charge in [0, 0.05) is 22.8 Å². The van der Waals surface area contributed by atoms with Crippen molar-refractivity contribution in [1.82, 2.24) is 14.8 Å². The maximum atomic E-state index is 12.2. The Hall–Kier alpha value is -3.14. The van der Waals surface area contributed by atoms with E-state index in [9.17, 15) is 4.79 Å². The van der Waals surface area contributed by atoms with Gasteiger partial charge in [0.25, 0.3) is 5.56 Å². The molecule has 0 bridgehead atoms. The normalized spacial score (nSPS) is 11.0. The molecule has 0 aliphatic rings. The van der Waals surface area contributed by atoms with Gasteiger partial charge in [-0.25, -0.2) is 0 Å². The predicted molar refractivity (Wildman–Crippen MR) is 91.3 cm³/mol. The smallest absolute Gasteiger partial charge is 0.253 e. The molecule has 0 fully saturated rings. The first-order valence-electron chi connectivity index (χ1n) is 7.48. The Labute approximate surface area is 133 Å². The van der Waals surface area contributed by atoms with Crippen molar-refractivity contribution in [3.63, 3.8) is 0 Å². The van der Waals surface area contributed by atoms with Gasteiger partial charge in [-0.2, -0.15) is 5.10 Å². The monoisotopic (exact) mass is 301 g/mol. The summed E-state index contributed by atoms with van der Waals surface area (Å²) in [5.74, 6) is 0. The number of aromatic amines is 1. The van der Waals surface area contributed by atoms with Gasteiger partial charge >= 0.3 is 0 Å². The number of nitrogens with zero attached hydrogens (tertiary/aromatic N) is 2. The van der Waals surface area contributed by atoms with E-state index in [1.165, 1.54) is 0 Å². The molecule has 2 aromatic heterocycles. The van der Waals surface area contributed by atoms with E-state index in [0.29, 0.717) is 12.1 Å². The molecule has 4 heteroatoms. The van der Waals surface area contributed by atoms with Crippen LogP contribution in [0.15, 0.2) is 77.9 Å². The molecular formula is C19H15N3O. The maximum absolute atomic E-state index is 12.2. The Bertz CT molecular complexity index is 1020. The quantitative estimate of drug-likeness (QED) is 0.630. The van der Waals surface area contributed by atoms with Crippen LogP contribution in [0.1, 0.15) is 5.56 Å². The molecule has 0 spiro atoms. The van der Waals surface area contributed by atoms with Gasteiger partial charge in [-0.1, -0.05) is 48.5 Å². The number of hydrogen-bond acceptors (Lipinski definition) is 2. The van der Waals surface area contributed by atoms with E-state index >= 15 is 0 Å². The second kappa shape index (κ2) is 5.57. The molecule has 112 valence electrons. The standard InChI is InChI=1S/C19H15N3O/c23-19-16(10-15-8-4-5-9-18(15)21-19)12-22-13-17(11-20-22)14-6-2-1-3-7-14/h1-11,13H,12H2,(H,21,23). The average Bonchev–Trinajstić information content (AvgIpc) is 3.05. The summed E-state index contributed by atoms with van der Waals surface area (Å²) in [6.45, 7) is 0.451. The second-order valence-electron chi connectivity index (χ2n) is 5.50. The molecule has 4 rings (SSSR count). The summed E-state index contributed by atoms with van der Waals surface area (Å²) in [7, 11) is 0. The van der Waals surface area contributed by atoms with E-state index < -0.39 is 0 Å². The molecule has 4 nitrogen and oxygen atoms in total. The van der Waals surface area contributed by atoms with E-state index in [2.05, 4.69) is 10.1 Å². The highest BCUT2D eigenvalue weighted by atomic mass is 16.1. The summed E-state index contributed by atoms with van der Waals surface area (Å²) in [6.07, 6.45) is 3.79. The lowest BCUT2D eigenvalue weighted by Crippen LogP contribution is -2.15. The Morgan fingerprint density at radius 2 is 1.74 bits per heavy atom. The number of benzene rings is 2. The fourth-order valence-electron chi connectivity index (χ4n) is 2.71. The van der Waals surface area contributed by atoms with Gasteiger partial charge in [-0.15, -0.1) is 0 Å². The highest BCUT2D eigenvalue weighted by molar-refractivity contribution is 5.78. The summed E-state index contributed by atoms with van der Waals surface area (Å²) >= 11 is 0. The predicted octanol–water partition coefficient (Wildman–Crippen LogP) is 3.44. The molecule has 4 aromatic rings. The molecule has 0 radical (unpaired) electrons. The second-order valence-corrected chi connectivity index (χ2v) is 5.50. The van der Waals surface area contributed by atoms with Gasteiger partial charge in [0.2, 0.25) is 0 Å². The zero-order valence-electron chi connectivity index (χ0n) is 12.4. The van der Waals surface area contributed by atoms with Crippen molar-refractivity contribution in [2.45, 2.75) is 6.54 Å². The summed E-state index contributed by atoms with van der Waals surface area (Å²) in [6, 6.07) is 19.8. The van der Waals surface area contributed by atoms with Crippen molar-refractivity contribution in [3.05, 3.63) is 89.0 Å². The SMILES string of the molecule is O=c1[nH]c2ccccc2cc1Cn1cc(-c2ccccc2)cn1. The largest absolute Gasteiger partial charge is 0.322 e. The fourth-order valence-corrected chi connectivity index (χ4v) is 2.71. The Balaban J connectivity index is 1.67. The van der Waals surface area contributed by atoms with Gasteiger partial charge in [-0.05, 0) is 23.1 Å².